The zero-order chi connectivity index (χ0) is 16.6. The molecular weight excluding hydrogens is 299 g/mol. The standard InChI is InChI=1S/C17H21FN2O3/c1-11(12-3-5-13(6-4-12)15(21)23-2)20-10-14-9-19-8-7-17(14,18)16(20)22/h3-6,11,14,19H,7-10H2,1-2H3/t11?,14-,17+/m0/s1. The Morgan fingerprint density at radius 2 is 2.13 bits per heavy atom. The number of carbonyl (C=O) groups is 2. The van der Waals surface area contributed by atoms with Crippen LogP contribution in [0.2, 0.25) is 0 Å². The summed E-state index contributed by atoms with van der Waals surface area (Å²) in [4.78, 5) is 25.6. The molecule has 2 heterocycles. The smallest absolute Gasteiger partial charge is 0.337 e. The molecule has 2 fully saturated rings. The Labute approximate surface area is 134 Å². The first kappa shape index (κ1) is 15.9. The van der Waals surface area contributed by atoms with Crippen LogP contribution in [-0.2, 0) is 9.53 Å². The molecule has 2 aliphatic heterocycles. The van der Waals surface area contributed by atoms with Crippen molar-refractivity contribution in [1.82, 2.24) is 10.2 Å². The number of halogens is 1. The SMILES string of the molecule is COC(=O)c1ccc(C(C)N2C[C@@H]3CNCC[C@]3(F)C2=O)cc1. The molecule has 23 heavy (non-hydrogen) atoms. The number of alkyl halides is 1. The second kappa shape index (κ2) is 5.92. The van der Waals surface area contributed by atoms with Crippen LogP contribution in [-0.4, -0.2) is 49.2 Å². The summed E-state index contributed by atoms with van der Waals surface area (Å²) in [6.07, 6.45) is 0.237. The number of nitrogens with one attached hydrogen (secondary N) is 1. The lowest BCUT2D eigenvalue weighted by molar-refractivity contribution is -0.141. The molecule has 0 radical (unpaired) electrons. The molecule has 1 unspecified atom stereocenters. The van der Waals surface area contributed by atoms with Gasteiger partial charge in [-0.15, -0.1) is 0 Å². The Morgan fingerprint density at radius 3 is 2.74 bits per heavy atom. The van der Waals surface area contributed by atoms with Gasteiger partial charge in [-0.05, 0) is 31.2 Å². The van der Waals surface area contributed by atoms with Gasteiger partial charge in [0.05, 0.1) is 18.7 Å². The first-order valence-electron chi connectivity index (χ1n) is 7.86. The normalized spacial score (nSPS) is 28.4. The molecule has 6 heteroatoms. The van der Waals surface area contributed by atoms with Gasteiger partial charge in [0, 0.05) is 25.4 Å². The zero-order valence-corrected chi connectivity index (χ0v) is 13.3. The highest BCUT2D eigenvalue weighted by Gasteiger charge is 2.56. The number of amides is 1. The average Bonchev–Trinajstić information content (AvgIpc) is 2.85. The fourth-order valence-electron chi connectivity index (χ4n) is 3.49. The van der Waals surface area contributed by atoms with Crippen LogP contribution < -0.4 is 5.32 Å². The minimum Gasteiger partial charge on any atom is -0.465 e. The monoisotopic (exact) mass is 320 g/mol. The molecule has 124 valence electrons. The first-order chi connectivity index (χ1) is 11.0. The maximum Gasteiger partial charge on any atom is 0.337 e. The minimum absolute atomic E-state index is 0.229. The number of benzene rings is 1. The van der Waals surface area contributed by atoms with Crippen molar-refractivity contribution in [3.8, 4) is 0 Å². The maximum atomic E-state index is 15.0. The Bertz CT molecular complexity index is 619. The van der Waals surface area contributed by atoms with Gasteiger partial charge in [0.25, 0.3) is 5.91 Å². The van der Waals surface area contributed by atoms with Gasteiger partial charge in [0.15, 0.2) is 5.67 Å². The lowest BCUT2D eigenvalue weighted by atomic mass is 9.86. The van der Waals surface area contributed by atoms with Gasteiger partial charge >= 0.3 is 5.97 Å². The maximum absolute atomic E-state index is 15.0. The van der Waals surface area contributed by atoms with E-state index in [1.165, 1.54) is 7.11 Å². The van der Waals surface area contributed by atoms with Gasteiger partial charge in [-0.1, -0.05) is 12.1 Å². The number of piperidine rings is 1. The molecule has 1 aromatic rings. The number of likely N-dealkylation sites (tertiary alicyclic amines) is 1. The Balaban J connectivity index is 1.79. The quantitative estimate of drug-likeness (QED) is 0.861. The van der Waals surface area contributed by atoms with E-state index in [2.05, 4.69) is 10.1 Å². The lowest BCUT2D eigenvalue weighted by Crippen LogP contribution is -2.49. The number of rotatable bonds is 3. The molecule has 0 aliphatic carbocycles. The van der Waals surface area contributed by atoms with Crippen LogP contribution in [0.25, 0.3) is 0 Å². The summed E-state index contributed by atoms with van der Waals surface area (Å²) in [5.74, 6) is -1.10. The topological polar surface area (TPSA) is 58.6 Å². The van der Waals surface area contributed by atoms with Crippen LogP contribution in [0.15, 0.2) is 24.3 Å². The van der Waals surface area contributed by atoms with Crippen molar-refractivity contribution < 1.29 is 18.7 Å². The predicted molar refractivity (Wildman–Crippen MR) is 82.7 cm³/mol. The summed E-state index contributed by atoms with van der Waals surface area (Å²) >= 11 is 0. The number of nitrogens with zero attached hydrogens (tertiary/aromatic N) is 1. The Morgan fingerprint density at radius 1 is 1.43 bits per heavy atom. The minimum atomic E-state index is -1.73. The van der Waals surface area contributed by atoms with Crippen molar-refractivity contribution in [3.05, 3.63) is 35.4 Å². The number of esters is 1. The summed E-state index contributed by atoms with van der Waals surface area (Å²) in [6, 6.07) is 6.67. The van der Waals surface area contributed by atoms with E-state index in [1.54, 1.807) is 29.2 Å². The number of carbonyl (C=O) groups excluding carboxylic acids is 2. The number of ether oxygens (including phenoxy) is 1. The Kier molecular flexibility index (Phi) is 4.10. The third-order valence-electron chi connectivity index (χ3n) is 5.02. The lowest BCUT2D eigenvalue weighted by Gasteiger charge is -2.29. The largest absolute Gasteiger partial charge is 0.465 e. The van der Waals surface area contributed by atoms with Gasteiger partial charge in [0.2, 0.25) is 0 Å². The molecule has 3 atom stereocenters. The van der Waals surface area contributed by atoms with Crippen LogP contribution in [0, 0.1) is 5.92 Å². The van der Waals surface area contributed by atoms with Crippen molar-refractivity contribution >= 4 is 11.9 Å². The van der Waals surface area contributed by atoms with E-state index in [0.29, 0.717) is 25.2 Å². The molecule has 0 saturated carbocycles. The van der Waals surface area contributed by atoms with Crippen LogP contribution in [0.5, 0.6) is 0 Å². The Hall–Kier alpha value is -1.95. The van der Waals surface area contributed by atoms with Crippen molar-refractivity contribution in [2.75, 3.05) is 26.7 Å². The van der Waals surface area contributed by atoms with E-state index in [0.717, 1.165) is 5.56 Å². The van der Waals surface area contributed by atoms with E-state index in [1.807, 2.05) is 6.92 Å². The summed E-state index contributed by atoms with van der Waals surface area (Å²) in [5.41, 5.74) is -0.400. The molecule has 1 N–H and O–H groups in total. The van der Waals surface area contributed by atoms with E-state index < -0.39 is 17.5 Å². The second-order valence-electron chi connectivity index (χ2n) is 6.26. The van der Waals surface area contributed by atoms with Crippen molar-refractivity contribution in [2.45, 2.75) is 25.1 Å². The average molecular weight is 320 g/mol. The summed E-state index contributed by atoms with van der Waals surface area (Å²) in [5, 5.41) is 3.16. The number of hydrogen-bond donors (Lipinski definition) is 1. The fourth-order valence-corrected chi connectivity index (χ4v) is 3.49. The number of fused-ring (bicyclic) bond motifs is 1. The van der Waals surface area contributed by atoms with Crippen molar-refractivity contribution in [1.29, 1.82) is 0 Å². The van der Waals surface area contributed by atoms with E-state index >= 15 is 4.39 Å². The summed E-state index contributed by atoms with van der Waals surface area (Å²) in [6.45, 7) is 3.38. The van der Waals surface area contributed by atoms with Gasteiger partial charge < -0.3 is 15.0 Å². The molecule has 0 spiro atoms. The molecule has 0 aromatic heterocycles. The third-order valence-corrected chi connectivity index (χ3v) is 5.02. The first-order valence-corrected chi connectivity index (χ1v) is 7.86. The van der Waals surface area contributed by atoms with Gasteiger partial charge in [0.1, 0.15) is 0 Å². The molecular formula is C17H21FN2O3. The van der Waals surface area contributed by atoms with Crippen LogP contribution in [0.1, 0.15) is 35.3 Å². The molecule has 0 bridgehead atoms. The van der Waals surface area contributed by atoms with Crippen LogP contribution >= 0.6 is 0 Å². The van der Waals surface area contributed by atoms with Crippen LogP contribution in [0.4, 0.5) is 4.39 Å². The molecule has 2 aliphatic rings. The number of hydrogen-bond acceptors (Lipinski definition) is 4. The van der Waals surface area contributed by atoms with E-state index in [9.17, 15) is 9.59 Å². The van der Waals surface area contributed by atoms with E-state index in [4.69, 9.17) is 0 Å². The third kappa shape index (κ3) is 2.61. The predicted octanol–water partition coefficient (Wildman–Crippen LogP) is 1.69. The second-order valence-corrected chi connectivity index (χ2v) is 6.26. The van der Waals surface area contributed by atoms with Crippen LogP contribution in [0.3, 0.4) is 0 Å². The fraction of sp³-hybridized carbons (Fsp3) is 0.529. The van der Waals surface area contributed by atoms with E-state index in [-0.39, 0.29) is 18.4 Å². The van der Waals surface area contributed by atoms with Gasteiger partial charge in [-0.2, -0.15) is 0 Å². The number of methoxy groups -OCH3 is 1. The molecule has 1 amide bonds. The highest BCUT2D eigenvalue weighted by Crippen LogP contribution is 2.41. The molecule has 2 saturated heterocycles. The molecule has 5 nitrogen and oxygen atoms in total. The van der Waals surface area contributed by atoms with Crippen molar-refractivity contribution in [2.24, 2.45) is 5.92 Å². The zero-order valence-electron chi connectivity index (χ0n) is 13.3. The highest BCUT2D eigenvalue weighted by atomic mass is 19.1. The summed E-state index contributed by atoms with van der Waals surface area (Å²) in [7, 11) is 1.33. The van der Waals surface area contributed by atoms with Gasteiger partial charge in [-0.3, -0.25) is 4.79 Å². The molecule has 3 rings (SSSR count). The molecule has 1 aromatic carbocycles. The van der Waals surface area contributed by atoms with Gasteiger partial charge in [-0.25, -0.2) is 9.18 Å². The highest BCUT2D eigenvalue weighted by molar-refractivity contribution is 5.90. The summed E-state index contributed by atoms with van der Waals surface area (Å²) < 4.78 is 19.7. The van der Waals surface area contributed by atoms with Crippen molar-refractivity contribution in [3.63, 3.8) is 0 Å².